The topological polar surface area (TPSA) is 111 Å². The summed E-state index contributed by atoms with van der Waals surface area (Å²) in [5.74, 6) is -1.01. The molecule has 100 valence electrons. The summed E-state index contributed by atoms with van der Waals surface area (Å²) in [7, 11) is 0. The van der Waals surface area contributed by atoms with E-state index in [1.165, 1.54) is 0 Å². The van der Waals surface area contributed by atoms with Gasteiger partial charge in [-0.1, -0.05) is 12.1 Å². The summed E-state index contributed by atoms with van der Waals surface area (Å²) >= 11 is 0. The summed E-state index contributed by atoms with van der Waals surface area (Å²) in [5, 5.41) is 4.95. The van der Waals surface area contributed by atoms with Crippen molar-refractivity contribution in [2.45, 2.75) is 12.5 Å². The second-order valence-electron chi connectivity index (χ2n) is 4.04. The van der Waals surface area contributed by atoms with Gasteiger partial charge in [-0.05, 0) is 12.1 Å². The number of hydrogen-bond acceptors (Lipinski definition) is 4. The van der Waals surface area contributed by atoms with Crippen LogP contribution in [0.25, 0.3) is 0 Å². The van der Waals surface area contributed by atoms with Crippen molar-refractivity contribution >= 4 is 23.4 Å². The number of para-hydroxylation sites is 2. The summed E-state index contributed by atoms with van der Waals surface area (Å²) in [4.78, 5) is 33.7. The van der Waals surface area contributed by atoms with Gasteiger partial charge in [0.25, 0.3) is 5.91 Å². The van der Waals surface area contributed by atoms with Crippen molar-refractivity contribution in [3.8, 4) is 5.75 Å². The molecule has 1 aliphatic heterocycles. The molecule has 7 heteroatoms. The van der Waals surface area contributed by atoms with Crippen molar-refractivity contribution in [2.75, 3.05) is 11.9 Å². The zero-order chi connectivity index (χ0) is 13.8. The lowest BCUT2D eigenvalue weighted by molar-refractivity contribution is -0.131. The molecular weight excluding hydrogens is 250 g/mol. The Kier molecular flexibility index (Phi) is 3.65. The maximum absolute atomic E-state index is 11.7. The fourth-order valence-electron chi connectivity index (χ4n) is 1.65. The molecule has 0 spiro atoms. The van der Waals surface area contributed by atoms with E-state index in [4.69, 9.17) is 10.5 Å². The maximum atomic E-state index is 11.7. The minimum absolute atomic E-state index is 0.173. The van der Waals surface area contributed by atoms with Gasteiger partial charge in [-0.3, -0.25) is 14.4 Å². The quantitative estimate of drug-likeness (QED) is 0.672. The van der Waals surface area contributed by atoms with Crippen molar-refractivity contribution in [1.82, 2.24) is 5.32 Å². The molecule has 1 aromatic carbocycles. The maximum Gasteiger partial charge on any atom is 0.266 e. The Balaban J connectivity index is 1.97. The lowest BCUT2D eigenvalue weighted by Gasteiger charge is -2.25. The second-order valence-corrected chi connectivity index (χ2v) is 4.04. The van der Waals surface area contributed by atoms with Crippen LogP contribution in [-0.4, -0.2) is 30.4 Å². The van der Waals surface area contributed by atoms with Gasteiger partial charge in [0, 0.05) is 0 Å². The number of benzene rings is 1. The number of amides is 3. The Morgan fingerprint density at radius 1 is 1.37 bits per heavy atom. The highest BCUT2D eigenvalue weighted by molar-refractivity contribution is 6.00. The van der Waals surface area contributed by atoms with Crippen molar-refractivity contribution in [3.05, 3.63) is 24.3 Å². The number of ether oxygens (including phenoxy) is 1. The first-order valence-corrected chi connectivity index (χ1v) is 5.68. The van der Waals surface area contributed by atoms with Crippen LogP contribution in [0.2, 0.25) is 0 Å². The number of nitrogens with one attached hydrogen (secondary N) is 2. The van der Waals surface area contributed by atoms with Gasteiger partial charge in [0.05, 0.1) is 18.7 Å². The van der Waals surface area contributed by atoms with Crippen LogP contribution in [0.4, 0.5) is 5.69 Å². The van der Waals surface area contributed by atoms with Crippen LogP contribution >= 0.6 is 0 Å². The first kappa shape index (κ1) is 12.9. The van der Waals surface area contributed by atoms with Gasteiger partial charge in [0.1, 0.15) is 5.75 Å². The Morgan fingerprint density at radius 3 is 2.84 bits per heavy atom. The first-order valence-electron chi connectivity index (χ1n) is 5.68. The fraction of sp³-hybridized carbons (Fsp3) is 0.250. The average molecular weight is 263 g/mol. The van der Waals surface area contributed by atoms with Gasteiger partial charge in [-0.25, -0.2) is 0 Å². The minimum atomic E-state index is -0.914. The highest BCUT2D eigenvalue weighted by Gasteiger charge is 2.29. The smallest absolute Gasteiger partial charge is 0.266 e. The van der Waals surface area contributed by atoms with Crippen LogP contribution in [-0.2, 0) is 14.4 Å². The van der Waals surface area contributed by atoms with Crippen LogP contribution in [0.3, 0.4) is 0 Å². The van der Waals surface area contributed by atoms with E-state index in [1.807, 2.05) is 0 Å². The fourth-order valence-corrected chi connectivity index (χ4v) is 1.65. The highest BCUT2D eigenvalue weighted by atomic mass is 16.5. The number of primary amides is 1. The van der Waals surface area contributed by atoms with Crippen molar-refractivity contribution in [2.24, 2.45) is 5.73 Å². The Hall–Kier alpha value is -2.57. The molecule has 0 unspecified atom stereocenters. The third-order valence-corrected chi connectivity index (χ3v) is 2.54. The van der Waals surface area contributed by atoms with Crippen molar-refractivity contribution in [3.63, 3.8) is 0 Å². The van der Waals surface area contributed by atoms with Gasteiger partial charge < -0.3 is 21.1 Å². The molecule has 1 aliphatic rings. The number of fused-ring (bicyclic) bond motifs is 1. The van der Waals surface area contributed by atoms with Gasteiger partial charge in [-0.15, -0.1) is 0 Å². The summed E-state index contributed by atoms with van der Waals surface area (Å²) in [6.07, 6.45) is -1.09. The molecule has 7 nitrogen and oxygen atoms in total. The molecule has 3 amide bonds. The SMILES string of the molecule is NC(=O)CNC(=O)C[C@H]1Oc2ccccc2NC1=O. The zero-order valence-electron chi connectivity index (χ0n) is 10.0. The largest absolute Gasteiger partial charge is 0.478 e. The summed E-state index contributed by atoms with van der Waals surface area (Å²) in [6.45, 7) is -0.260. The molecule has 2 rings (SSSR count). The predicted octanol–water partition coefficient (Wildman–Crippen LogP) is -0.622. The Morgan fingerprint density at radius 2 is 2.11 bits per heavy atom. The summed E-state index contributed by atoms with van der Waals surface area (Å²) < 4.78 is 5.43. The molecule has 1 aromatic rings. The molecule has 1 heterocycles. The van der Waals surface area contributed by atoms with Gasteiger partial charge >= 0.3 is 0 Å². The molecular formula is C12H13N3O4. The zero-order valence-corrected chi connectivity index (χ0v) is 10.0. The van der Waals surface area contributed by atoms with Crippen LogP contribution in [0.1, 0.15) is 6.42 Å². The molecule has 0 radical (unpaired) electrons. The van der Waals surface area contributed by atoms with Crippen LogP contribution < -0.4 is 21.1 Å². The van der Waals surface area contributed by atoms with Crippen LogP contribution in [0.5, 0.6) is 5.75 Å². The van der Waals surface area contributed by atoms with E-state index in [0.29, 0.717) is 11.4 Å². The molecule has 0 saturated heterocycles. The number of anilines is 1. The second kappa shape index (κ2) is 5.38. The number of nitrogens with two attached hydrogens (primary N) is 1. The molecule has 19 heavy (non-hydrogen) atoms. The minimum Gasteiger partial charge on any atom is -0.478 e. The van der Waals surface area contributed by atoms with E-state index < -0.39 is 23.8 Å². The number of rotatable bonds is 4. The lowest BCUT2D eigenvalue weighted by Crippen LogP contribution is -2.42. The number of hydrogen-bond donors (Lipinski definition) is 3. The number of carbonyl (C=O) groups is 3. The van der Waals surface area contributed by atoms with Crippen molar-refractivity contribution < 1.29 is 19.1 Å². The molecule has 0 fully saturated rings. The number of carbonyl (C=O) groups excluding carboxylic acids is 3. The third kappa shape index (κ3) is 3.21. The van der Waals surface area contributed by atoms with E-state index in [2.05, 4.69) is 10.6 Å². The van der Waals surface area contributed by atoms with Gasteiger partial charge in [0.15, 0.2) is 6.10 Å². The van der Waals surface area contributed by atoms with E-state index in [-0.39, 0.29) is 13.0 Å². The van der Waals surface area contributed by atoms with Gasteiger partial charge in [0.2, 0.25) is 11.8 Å². The Labute approximate surface area is 109 Å². The van der Waals surface area contributed by atoms with Crippen LogP contribution in [0.15, 0.2) is 24.3 Å². The lowest BCUT2D eigenvalue weighted by atomic mass is 10.1. The molecule has 0 aromatic heterocycles. The molecule has 0 aliphatic carbocycles. The molecule has 1 atom stereocenters. The van der Waals surface area contributed by atoms with Crippen LogP contribution in [0, 0.1) is 0 Å². The molecule has 0 saturated carbocycles. The standard InChI is InChI=1S/C12H13N3O4/c13-10(16)6-14-11(17)5-9-12(18)15-7-3-1-2-4-8(7)19-9/h1-4,9H,5-6H2,(H2,13,16)(H,14,17)(H,15,18)/t9-/m1/s1. The average Bonchev–Trinajstić information content (AvgIpc) is 2.37. The highest BCUT2D eigenvalue weighted by Crippen LogP contribution is 2.29. The van der Waals surface area contributed by atoms with Gasteiger partial charge in [-0.2, -0.15) is 0 Å². The van der Waals surface area contributed by atoms with E-state index >= 15 is 0 Å². The normalized spacial score (nSPS) is 16.8. The monoisotopic (exact) mass is 263 g/mol. The van der Waals surface area contributed by atoms with E-state index in [1.54, 1.807) is 24.3 Å². The third-order valence-electron chi connectivity index (χ3n) is 2.54. The molecule has 4 N–H and O–H groups in total. The summed E-state index contributed by atoms with van der Waals surface area (Å²) in [5.41, 5.74) is 5.47. The predicted molar refractivity (Wildman–Crippen MR) is 66.3 cm³/mol. The summed E-state index contributed by atoms with van der Waals surface area (Å²) in [6, 6.07) is 6.93. The first-order chi connectivity index (χ1) is 9.06. The van der Waals surface area contributed by atoms with E-state index in [0.717, 1.165) is 0 Å². The Bertz CT molecular complexity index is 529. The van der Waals surface area contributed by atoms with E-state index in [9.17, 15) is 14.4 Å². The van der Waals surface area contributed by atoms with Crippen molar-refractivity contribution in [1.29, 1.82) is 0 Å². The molecule has 0 bridgehead atoms.